The highest BCUT2D eigenvalue weighted by Crippen LogP contribution is 2.22. The Labute approximate surface area is 92.4 Å². The van der Waals surface area contributed by atoms with Gasteiger partial charge in [-0.2, -0.15) is 13.2 Å². The van der Waals surface area contributed by atoms with E-state index in [1.54, 1.807) is 19.0 Å². The number of likely N-dealkylation sites (N-methyl/N-ethyl adjacent to an activating group) is 1. The van der Waals surface area contributed by atoms with Gasteiger partial charge in [0.2, 0.25) is 0 Å². The van der Waals surface area contributed by atoms with Gasteiger partial charge in [0.05, 0.1) is 6.04 Å². The first-order valence-electron chi connectivity index (χ1n) is 4.84. The molecule has 1 rings (SSSR count). The lowest BCUT2D eigenvalue weighted by molar-refractivity contribution is -0.144. The molecule has 1 N–H and O–H groups in total. The van der Waals surface area contributed by atoms with Gasteiger partial charge < -0.3 is 14.9 Å². The van der Waals surface area contributed by atoms with Crippen LogP contribution in [0.25, 0.3) is 0 Å². The molecular formula is C10H15F3N2O. The van der Waals surface area contributed by atoms with Crippen LogP contribution < -0.4 is 0 Å². The van der Waals surface area contributed by atoms with E-state index < -0.39 is 18.8 Å². The molecule has 0 saturated carbocycles. The number of alkyl halides is 3. The van der Waals surface area contributed by atoms with Crippen molar-refractivity contribution >= 4 is 0 Å². The van der Waals surface area contributed by atoms with Gasteiger partial charge in [0.25, 0.3) is 0 Å². The number of hydrogen-bond acceptors (Lipinski definition) is 3. The summed E-state index contributed by atoms with van der Waals surface area (Å²) < 4.78 is 36.9. The van der Waals surface area contributed by atoms with Gasteiger partial charge in [-0.3, -0.25) is 0 Å². The van der Waals surface area contributed by atoms with Crippen LogP contribution in [0.3, 0.4) is 0 Å². The molecule has 1 aliphatic heterocycles. The minimum atomic E-state index is -4.27. The molecule has 0 spiro atoms. The van der Waals surface area contributed by atoms with Crippen LogP contribution in [0.4, 0.5) is 13.2 Å². The van der Waals surface area contributed by atoms with Gasteiger partial charge in [0, 0.05) is 12.7 Å². The SMILES string of the molecule is CN(C)CC1C(O)=CC=CN1CC(F)(F)F. The van der Waals surface area contributed by atoms with E-state index in [2.05, 4.69) is 0 Å². The molecule has 1 heterocycles. The highest BCUT2D eigenvalue weighted by molar-refractivity contribution is 5.18. The molecule has 1 unspecified atom stereocenters. The minimum Gasteiger partial charge on any atom is -0.510 e. The fourth-order valence-electron chi connectivity index (χ4n) is 1.55. The lowest BCUT2D eigenvalue weighted by Gasteiger charge is -2.34. The van der Waals surface area contributed by atoms with Crippen LogP contribution in [0, 0.1) is 0 Å². The lowest BCUT2D eigenvalue weighted by Crippen LogP contribution is -2.45. The molecule has 0 aromatic carbocycles. The van der Waals surface area contributed by atoms with Crippen molar-refractivity contribution in [3.63, 3.8) is 0 Å². The summed E-state index contributed by atoms with van der Waals surface area (Å²) in [6.45, 7) is -0.720. The maximum atomic E-state index is 12.3. The second-order valence-electron chi connectivity index (χ2n) is 4.00. The number of halogens is 3. The van der Waals surface area contributed by atoms with Crippen LogP contribution in [-0.4, -0.2) is 54.3 Å². The molecule has 1 atom stereocenters. The molecule has 6 heteroatoms. The van der Waals surface area contributed by atoms with Gasteiger partial charge in [-0.25, -0.2) is 0 Å². The zero-order chi connectivity index (χ0) is 12.3. The predicted molar refractivity (Wildman–Crippen MR) is 55.0 cm³/mol. The van der Waals surface area contributed by atoms with Gasteiger partial charge in [-0.1, -0.05) is 0 Å². The number of hydrogen-bond donors (Lipinski definition) is 1. The number of aliphatic hydroxyl groups is 1. The zero-order valence-electron chi connectivity index (χ0n) is 9.20. The van der Waals surface area contributed by atoms with E-state index in [1.807, 2.05) is 0 Å². The van der Waals surface area contributed by atoms with Crippen molar-refractivity contribution in [2.75, 3.05) is 27.2 Å². The molecule has 0 saturated heterocycles. The smallest absolute Gasteiger partial charge is 0.405 e. The Hall–Kier alpha value is -1.17. The summed E-state index contributed by atoms with van der Waals surface area (Å²) in [4.78, 5) is 2.83. The van der Waals surface area contributed by atoms with Crippen molar-refractivity contribution in [3.05, 3.63) is 24.1 Å². The van der Waals surface area contributed by atoms with Crippen LogP contribution in [0.5, 0.6) is 0 Å². The Morgan fingerprint density at radius 1 is 1.44 bits per heavy atom. The standard InChI is InChI=1S/C10H15F3N2O/c1-14(2)6-8-9(16)4-3-5-15(8)7-10(11,12)13/h3-5,8,16H,6-7H2,1-2H3. The Morgan fingerprint density at radius 2 is 2.06 bits per heavy atom. The predicted octanol–water partition coefficient (Wildman–Crippen LogP) is 1.75. The molecule has 0 aliphatic carbocycles. The van der Waals surface area contributed by atoms with E-state index in [9.17, 15) is 18.3 Å². The summed E-state index contributed by atoms with van der Waals surface area (Å²) in [5.41, 5.74) is 0. The highest BCUT2D eigenvalue weighted by atomic mass is 19.4. The molecule has 1 aliphatic rings. The fourth-order valence-corrected chi connectivity index (χ4v) is 1.55. The van der Waals surface area contributed by atoms with Crippen molar-refractivity contribution < 1.29 is 18.3 Å². The maximum absolute atomic E-state index is 12.3. The third-order valence-electron chi connectivity index (χ3n) is 2.19. The van der Waals surface area contributed by atoms with Crippen LogP contribution >= 0.6 is 0 Å². The van der Waals surface area contributed by atoms with Gasteiger partial charge >= 0.3 is 6.18 Å². The van der Waals surface area contributed by atoms with Crippen molar-refractivity contribution in [1.29, 1.82) is 0 Å². The third-order valence-corrected chi connectivity index (χ3v) is 2.19. The molecule has 3 nitrogen and oxygen atoms in total. The third kappa shape index (κ3) is 3.77. The average molecular weight is 236 g/mol. The van der Waals surface area contributed by atoms with E-state index in [4.69, 9.17) is 0 Å². The number of rotatable bonds is 3. The first-order chi connectivity index (χ1) is 7.29. The quantitative estimate of drug-likeness (QED) is 0.808. The highest BCUT2D eigenvalue weighted by Gasteiger charge is 2.34. The normalized spacial score (nSPS) is 21.5. The van der Waals surface area contributed by atoms with E-state index in [-0.39, 0.29) is 5.76 Å². The van der Waals surface area contributed by atoms with Crippen LogP contribution in [0.1, 0.15) is 0 Å². The Morgan fingerprint density at radius 3 is 2.56 bits per heavy atom. The fraction of sp³-hybridized carbons (Fsp3) is 0.600. The van der Waals surface area contributed by atoms with Gasteiger partial charge in [0.15, 0.2) is 0 Å². The molecule has 0 bridgehead atoms. The molecule has 0 radical (unpaired) electrons. The Bertz CT molecular complexity index is 297. The molecule has 0 aromatic heterocycles. The largest absolute Gasteiger partial charge is 0.510 e. The van der Waals surface area contributed by atoms with E-state index in [0.717, 1.165) is 4.90 Å². The zero-order valence-corrected chi connectivity index (χ0v) is 9.20. The summed E-state index contributed by atoms with van der Waals surface area (Å²) in [5.74, 6) is -0.0412. The first-order valence-corrected chi connectivity index (χ1v) is 4.84. The number of allylic oxidation sites excluding steroid dienone is 2. The summed E-state index contributed by atoms with van der Waals surface area (Å²) in [5, 5.41) is 9.56. The Balaban J connectivity index is 2.74. The molecule has 0 aromatic rings. The van der Waals surface area contributed by atoms with Gasteiger partial charge in [-0.05, 0) is 26.2 Å². The number of aliphatic hydroxyl groups excluding tert-OH is 1. The second kappa shape index (κ2) is 4.78. The summed E-state index contributed by atoms with van der Waals surface area (Å²) >= 11 is 0. The van der Waals surface area contributed by atoms with E-state index in [0.29, 0.717) is 6.54 Å². The monoisotopic (exact) mass is 236 g/mol. The minimum absolute atomic E-state index is 0.0412. The average Bonchev–Trinajstić information content (AvgIpc) is 2.08. The van der Waals surface area contributed by atoms with Crippen LogP contribution in [-0.2, 0) is 0 Å². The molecular weight excluding hydrogens is 221 g/mol. The van der Waals surface area contributed by atoms with E-state index in [1.165, 1.54) is 18.4 Å². The van der Waals surface area contributed by atoms with Crippen LogP contribution in [0.2, 0.25) is 0 Å². The van der Waals surface area contributed by atoms with Gasteiger partial charge in [0.1, 0.15) is 12.3 Å². The first kappa shape index (κ1) is 12.9. The topological polar surface area (TPSA) is 26.7 Å². The summed E-state index contributed by atoms with van der Waals surface area (Å²) in [6.07, 6.45) is -0.0951. The maximum Gasteiger partial charge on any atom is 0.405 e. The van der Waals surface area contributed by atoms with Gasteiger partial charge in [-0.15, -0.1) is 0 Å². The summed E-state index contributed by atoms with van der Waals surface area (Å²) in [7, 11) is 3.49. The van der Waals surface area contributed by atoms with Crippen molar-refractivity contribution in [2.45, 2.75) is 12.2 Å². The number of nitrogens with zero attached hydrogens (tertiary/aromatic N) is 2. The molecule has 92 valence electrons. The molecule has 0 fully saturated rings. The lowest BCUT2D eigenvalue weighted by atomic mass is 10.1. The van der Waals surface area contributed by atoms with Crippen LogP contribution in [0.15, 0.2) is 24.1 Å². The van der Waals surface area contributed by atoms with Crippen molar-refractivity contribution in [1.82, 2.24) is 9.80 Å². The Kier molecular flexibility index (Phi) is 3.85. The van der Waals surface area contributed by atoms with Crippen molar-refractivity contribution in [3.8, 4) is 0 Å². The molecule has 0 amide bonds. The van der Waals surface area contributed by atoms with E-state index >= 15 is 0 Å². The summed E-state index contributed by atoms with van der Waals surface area (Å²) in [6, 6.07) is -0.637. The second-order valence-corrected chi connectivity index (χ2v) is 4.00. The van der Waals surface area contributed by atoms with Crippen molar-refractivity contribution in [2.24, 2.45) is 0 Å². The molecule has 16 heavy (non-hydrogen) atoms.